The molecular formula is C14H19NO4. The third-order valence-electron chi connectivity index (χ3n) is 2.25. The molecule has 0 saturated heterocycles. The van der Waals surface area contributed by atoms with Gasteiger partial charge in [0.2, 0.25) is 0 Å². The quantitative estimate of drug-likeness (QED) is 0.793. The van der Waals surface area contributed by atoms with Crippen LogP contribution in [0.2, 0.25) is 0 Å². The first-order valence-electron chi connectivity index (χ1n) is 6.02. The maximum atomic E-state index is 11.5. The summed E-state index contributed by atoms with van der Waals surface area (Å²) < 4.78 is 5.11. The summed E-state index contributed by atoms with van der Waals surface area (Å²) in [5, 5.41) is 11.8. The highest BCUT2D eigenvalue weighted by atomic mass is 16.6. The molecule has 1 atom stereocenters. The van der Waals surface area contributed by atoms with E-state index in [1.807, 2.05) is 0 Å². The number of ether oxygens (including phenoxy) is 1. The van der Waals surface area contributed by atoms with Gasteiger partial charge in [-0.1, -0.05) is 30.3 Å². The normalized spacial score (nSPS) is 12.8. The third-order valence-corrected chi connectivity index (χ3v) is 2.25. The number of rotatable bonds is 5. The molecule has 2 N–H and O–H groups in total. The van der Waals surface area contributed by atoms with Crippen molar-refractivity contribution in [1.82, 2.24) is 5.32 Å². The van der Waals surface area contributed by atoms with Gasteiger partial charge in [-0.2, -0.15) is 0 Å². The number of aliphatic carboxylic acids is 1. The highest BCUT2D eigenvalue weighted by Crippen LogP contribution is 2.13. The van der Waals surface area contributed by atoms with Gasteiger partial charge in [0.25, 0.3) is 0 Å². The molecule has 0 fully saturated rings. The van der Waals surface area contributed by atoms with Crippen LogP contribution < -0.4 is 5.32 Å². The minimum absolute atomic E-state index is 0.150. The Bertz CT molecular complexity index is 437. The van der Waals surface area contributed by atoms with Crippen LogP contribution in [-0.4, -0.2) is 29.2 Å². The van der Waals surface area contributed by atoms with Crippen LogP contribution in [0.4, 0.5) is 0 Å². The van der Waals surface area contributed by atoms with Gasteiger partial charge in [-0.25, -0.2) is 0 Å². The lowest BCUT2D eigenvalue weighted by atomic mass is 10.1. The zero-order valence-corrected chi connectivity index (χ0v) is 11.3. The van der Waals surface area contributed by atoms with Crippen molar-refractivity contribution < 1.29 is 19.4 Å². The van der Waals surface area contributed by atoms with Gasteiger partial charge >= 0.3 is 11.9 Å². The van der Waals surface area contributed by atoms with E-state index < -0.39 is 23.6 Å². The second-order valence-corrected chi connectivity index (χ2v) is 5.15. The Morgan fingerprint density at radius 3 is 2.32 bits per heavy atom. The minimum Gasteiger partial charge on any atom is -0.480 e. The zero-order valence-electron chi connectivity index (χ0n) is 11.3. The highest BCUT2D eigenvalue weighted by molar-refractivity contribution is 5.77. The molecule has 0 aliphatic heterocycles. The molecule has 0 aliphatic rings. The summed E-state index contributed by atoms with van der Waals surface area (Å²) >= 11 is 0. The molecule has 5 heteroatoms. The Morgan fingerprint density at radius 1 is 1.26 bits per heavy atom. The van der Waals surface area contributed by atoms with E-state index >= 15 is 0 Å². The number of esters is 1. The number of hydrogen-bond donors (Lipinski definition) is 2. The fraction of sp³-hybridized carbons (Fsp3) is 0.429. The van der Waals surface area contributed by atoms with Gasteiger partial charge in [0.15, 0.2) is 0 Å². The maximum absolute atomic E-state index is 11.5. The molecule has 0 aromatic heterocycles. The Morgan fingerprint density at radius 2 is 1.84 bits per heavy atom. The van der Waals surface area contributed by atoms with Crippen molar-refractivity contribution in [2.24, 2.45) is 0 Å². The van der Waals surface area contributed by atoms with E-state index in [-0.39, 0.29) is 6.54 Å². The van der Waals surface area contributed by atoms with Gasteiger partial charge in [0.05, 0.1) is 6.54 Å². The number of nitrogens with one attached hydrogen (secondary N) is 1. The fourth-order valence-electron chi connectivity index (χ4n) is 1.56. The molecule has 5 nitrogen and oxygen atoms in total. The van der Waals surface area contributed by atoms with Crippen molar-refractivity contribution in [1.29, 1.82) is 0 Å². The van der Waals surface area contributed by atoms with Crippen molar-refractivity contribution in [2.45, 2.75) is 32.4 Å². The summed E-state index contributed by atoms with van der Waals surface area (Å²) in [5.74, 6) is -1.51. The Hall–Kier alpha value is -1.88. The van der Waals surface area contributed by atoms with Gasteiger partial charge in [-0.3, -0.25) is 14.9 Å². The van der Waals surface area contributed by atoms with Crippen LogP contribution in [0.3, 0.4) is 0 Å². The molecule has 0 aliphatic carbocycles. The van der Waals surface area contributed by atoms with Gasteiger partial charge < -0.3 is 9.84 Å². The second-order valence-electron chi connectivity index (χ2n) is 5.15. The van der Waals surface area contributed by atoms with E-state index in [0.717, 1.165) is 0 Å². The Labute approximate surface area is 112 Å². The van der Waals surface area contributed by atoms with Crippen LogP contribution in [0, 0.1) is 0 Å². The summed E-state index contributed by atoms with van der Waals surface area (Å²) in [6.07, 6.45) is 0. The van der Waals surface area contributed by atoms with Crippen molar-refractivity contribution in [3.63, 3.8) is 0 Å². The number of carbonyl (C=O) groups excluding carboxylic acids is 1. The number of benzene rings is 1. The van der Waals surface area contributed by atoms with Gasteiger partial charge in [-0.05, 0) is 26.3 Å². The summed E-state index contributed by atoms with van der Waals surface area (Å²) in [6, 6.07) is 7.77. The first-order chi connectivity index (χ1) is 8.79. The molecule has 0 radical (unpaired) electrons. The standard InChI is InChI=1S/C14H19NO4/c1-14(2,3)19-11(16)9-15-12(13(17)18)10-7-5-4-6-8-10/h4-8,12,15H,9H2,1-3H3,(H,17,18)/t12-/m1/s1. The van der Waals surface area contributed by atoms with E-state index in [9.17, 15) is 9.59 Å². The smallest absolute Gasteiger partial charge is 0.325 e. The van der Waals surface area contributed by atoms with Crippen molar-refractivity contribution in [3.05, 3.63) is 35.9 Å². The molecule has 0 bridgehead atoms. The SMILES string of the molecule is CC(C)(C)OC(=O)CN[C@@H](C(=O)O)c1ccccc1. The predicted molar refractivity (Wildman–Crippen MR) is 70.7 cm³/mol. The van der Waals surface area contributed by atoms with E-state index in [1.165, 1.54) is 0 Å². The van der Waals surface area contributed by atoms with E-state index in [1.54, 1.807) is 51.1 Å². The topological polar surface area (TPSA) is 75.6 Å². The summed E-state index contributed by atoms with van der Waals surface area (Å²) in [7, 11) is 0. The lowest BCUT2D eigenvalue weighted by Crippen LogP contribution is -2.36. The Balaban J connectivity index is 2.62. The van der Waals surface area contributed by atoms with Crippen LogP contribution >= 0.6 is 0 Å². The highest BCUT2D eigenvalue weighted by Gasteiger charge is 2.22. The first kappa shape index (κ1) is 15.2. The molecule has 1 aromatic carbocycles. The lowest BCUT2D eigenvalue weighted by molar-refractivity contribution is -0.154. The average molecular weight is 265 g/mol. The minimum atomic E-state index is -1.03. The fourth-order valence-corrected chi connectivity index (χ4v) is 1.56. The maximum Gasteiger partial charge on any atom is 0.325 e. The molecular weight excluding hydrogens is 246 g/mol. The van der Waals surface area contributed by atoms with Crippen LogP contribution in [0.1, 0.15) is 32.4 Å². The van der Waals surface area contributed by atoms with Crippen LogP contribution in [0.5, 0.6) is 0 Å². The van der Waals surface area contributed by atoms with Crippen LogP contribution in [-0.2, 0) is 14.3 Å². The largest absolute Gasteiger partial charge is 0.480 e. The second kappa shape index (κ2) is 6.33. The predicted octanol–water partition coefficient (Wildman–Crippen LogP) is 1.74. The third kappa shape index (κ3) is 5.52. The van der Waals surface area contributed by atoms with Crippen molar-refractivity contribution in [2.75, 3.05) is 6.54 Å². The van der Waals surface area contributed by atoms with E-state index in [4.69, 9.17) is 9.84 Å². The molecule has 0 unspecified atom stereocenters. The zero-order chi connectivity index (χ0) is 14.5. The Kier molecular flexibility index (Phi) is 5.06. The van der Waals surface area contributed by atoms with Crippen LogP contribution in [0.15, 0.2) is 30.3 Å². The first-order valence-corrected chi connectivity index (χ1v) is 6.02. The van der Waals surface area contributed by atoms with Crippen molar-refractivity contribution >= 4 is 11.9 Å². The molecule has 104 valence electrons. The van der Waals surface area contributed by atoms with Crippen molar-refractivity contribution in [3.8, 4) is 0 Å². The number of carboxylic acid groups (broad SMARTS) is 1. The number of carbonyl (C=O) groups is 2. The lowest BCUT2D eigenvalue weighted by Gasteiger charge is -2.21. The van der Waals surface area contributed by atoms with Gasteiger partial charge in [0.1, 0.15) is 11.6 Å². The monoisotopic (exact) mass is 265 g/mol. The molecule has 1 aromatic rings. The number of carboxylic acids is 1. The molecule has 0 amide bonds. The van der Waals surface area contributed by atoms with Gasteiger partial charge in [-0.15, -0.1) is 0 Å². The molecule has 0 saturated carbocycles. The summed E-state index contributed by atoms with van der Waals surface area (Å²) in [5.41, 5.74) is 0.0168. The van der Waals surface area contributed by atoms with Crippen LogP contribution in [0.25, 0.3) is 0 Å². The average Bonchev–Trinajstić information content (AvgIpc) is 2.27. The number of hydrogen-bond acceptors (Lipinski definition) is 4. The molecule has 0 heterocycles. The summed E-state index contributed by atoms with van der Waals surface area (Å²) in [6.45, 7) is 5.13. The molecule has 0 spiro atoms. The molecule has 19 heavy (non-hydrogen) atoms. The van der Waals surface area contributed by atoms with Gasteiger partial charge in [0, 0.05) is 0 Å². The van der Waals surface area contributed by atoms with E-state index in [2.05, 4.69) is 5.32 Å². The summed E-state index contributed by atoms with van der Waals surface area (Å²) in [4.78, 5) is 22.7. The van der Waals surface area contributed by atoms with E-state index in [0.29, 0.717) is 5.56 Å². The molecule has 1 rings (SSSR count).